The summed E-state index contributed by atoms with van der Waals surface area (Å²) >= 11 is 0. The molecule has 1 heterocycles. The van der Waals surface area contributed by atoms with Crippen LogP contribution in [0.2, 0.25) is 0 Å². The van der Waals surface area contributed by atoms with Gasteiger partial charge in [-0.05, 0) is 38.1 Å². The van der Waals surface area contributed by atoms with Gasteiger partial charge in [-0.1, -0.05) is 0 Å². The quantitative estimate of drug-likeness (QED) is 0.834. The van der Waals surface area contributed by atoms with Gasteiger partial charge in [0.1, 0.15) is 11.9 Å². The van der Waals surface area contributed by atoms with Gasteiger partial charge in [-0.3, -0.25) is 4.79 Å². The van der Waals surface area contributed by atoms with E-state index in [1.807, 2.05) is 0 Å². The van der Waals surface area contributed by atoms with Crippen LogP contribution in [0.4, 0.5) is 13.2 Å². The second-order valence-corrected chi connectivity index (χ2v) is 5.43. The smallest absolute Gasteiger partial charge is 0.326 e. The van der Waals surface area contributed by atoms with Gasteiger partial charge < -0.3 is 10.4 Å². The van der Waals surface area contributed by atoms with Crippen molar-refractivity contribution in [2.24, 2.45) is 0 Å². The number of rotatable bonds is 6. The van der Waals surface area contributed by atoms with E-state index in [0.29, 0.717) is 17.1 Å². The summed E-state index contributed by atoms with van der Waals surface area (Å²) in [6.45, 7) is 3.10. The van der Waals surface area contributed by atoms with Crippen LogP contribution in [0.5, 0.6) is 0 Å². The molecule has 1 aromatic heterocycles. The second-order valence-electron chi connectivity index (χ2n) is 5.43. The van der Waals surface area contributed by atoms with Crippen molar-refractivity contribution in [2.45, 2.75) is 32.7 Å². The Hall–Kier alpha value is -2.84. The highest BCUT2D eigenvalue weighted by Crippen LogP contribution is 2.19. The Kier molecular flexibility index (Phi) is 5.45. The van der Waals surface area contributed by atoms with Crippen LogP contribution in [0.1, 0.15) is 28.2 Å². The van der Waals surface area contributed by atoms with Gasteiger partial charge in [-0.25, -0.2) is 22.6 Å². The van der Waals surface area contributed by atoms with Crippen molar-refractivity contribution in [2.75, 3.05) is 0 Å². The molecule has 0 saturated carbocycles. The van der Waals surface area contributed by atoms with Crippen LogP contribution in [-0.2, 0) is 4.79 Å². The molecule has 9 heteroatoms. The highest BCUT2D eigenvalue weighted by molar-refractivity contribution is 5.98. The van der Waals surface area contributed by atoms with E-state index in [-0.39, 0.29) is 5.56 Å². The van der Waals surface area contributed by atoms with E-state index in [9.17, 15) is 22.8 Å². The molecular formula is C16H16F3N3O3. The topological polar surface area (TPSA) is 84.2 Å². The van der Waals surface area contributed by atoms with Crippen molar-refractivity contribution >= 4 is 11.9 Å². The minimum absolute atomic E-state index is 0.0878. The molecule has 6 nitrogen and oxygen atoms in total. The van der Waals surface area contributed by atoms with E-state index in [0.717, 1.165) is 0 Å². The molecule has 1 aromatic carbocycles. The number of benzene rings is 1. The average Bonchev–Trinajstić information content (AvgIpc) is 2.81. The summed E-state index contributed by atoms with van der Waals surface area (Å²) in [5, 5.41) is 15.2. The fourth-order valence-electron chi connectivity index (χ4n) is 2.44. The predicted octanol–water partition coefficient (Wildman–Crippen LogP) is 2.47. The lowest BCUT2D eigenvalue weighted by Gasteiger charge is -2.14. The highest BCUT2D eigenvalue weighted by atomic mass is 19.3. The summed E-state index contributed by atoms with van der Waals surface area (Å²) in [7, 11) is 0. The number of carboxylic acid groups (broad SMARTS) is 1. The molecule has 1 unspecified atom stereocenters. The first-order chi connectivity index (χ1) is 11.7. The van der Waals surface area contributed by atoms with Crippen molar-refractivity contribution < 1.29 is 27.9 Å². The maximum absolute atomic E-state index is 13.0. The van der Waals surface area contributed by atoms with E-state index < -0.39 is 36.6 Å². The summed E-state index contributed by atoms with van der Waals surface area (Å²) in [5.41, 5.74) is 1.26. The van der Waals surface area contributed by atoms with Crippen LogP contribution < -0.4 is 5.32 Å². The van der Waals surface area contributed by atoms with Crippen molar-refractivity contribution in [3.05, 3.63) is 47.0 Å². The molecule has 1 amide bonds. The number of halogens is 3. The van der Waals surface area contributed by atoms with E-state index in [2.05, 4.69) is 10.4 Å². The van der Waals surface area contributed by atoms with Gasteiger partial charge in [0.25, 0.3) is 5.91 Å². The summed E-state index contributed by atoms with van der Waals surface area (Å²) in [5.74, 6) is -2.79. The third kappa shape index (κ3) is 4.17. The Morgan fingerprint density at radius 3 is 2.36 bits per heavy atom. The van der Waals surface area contributed by atoms with Crippen molar-refractivity contribution in [1.29, 1.82) is 0 Å². The summed E-state index contributed by atoms with van der Waals surface area (Å²) in [4.78, 5) is 23.4. The number of carboxylic acids is 1. The number of amides is 1. The first kappa shape index (κ1) is 18.5. The van der Waals surface area contributed by atoms with Crippen molar-refractivity contribution in [1.82, 2.24) is 15.1 Å². The average molecular weight is 355 g/mol. The first-order valence-corrected chi connectivity index (χ1v) is 7.34. The Bertz CT molecular complexity index is 788. The third-order valence-electron chi connectivity index (χ3n) is 3.61. The Morgan fingerprint density at radius 2 is 1.84 bits per heavy atom. The molecule has 1 atom stereocenters. The van der Waals surface area contributed by atoms with E-state index in [1.54, 1.807) is 6.92 Å². The summed E-state index contributed by atoms with van der Waals surface area (Å²) < 4.78 is 39.3. The molecule has 0 bridgehead atoms. The summed E-state index contributed by atoms with van der Waals surface area (Å²) in [6, 6.07) is 3.68. The van der Waals surface area contributed by atoms with Gasteiger partial charge in [0, 0.05) is 6.42 Å². The lowest BCUT2D eigenvalue weighted by molar-refractivity contribution is -0.140. The van der Waals surface area contributed by atoms with Crippen molar-refractivity contribution in [3.8, 4) is 5.69 Å². The normalized spacial score (nSPS) is 12.2. The largest absolute Gasteiger partial charge is 0.480 e. The molecule has 0 aliphatic heterocycles. The fraction of sp³-hybridized carbons (Fsp3) is 0.312. The van der Waals surface area contributed by atoms with Crippen LogP contribution in [0, 0.1) is 19.7 Å². The lowest BCUT2D eigenvalue weighted by Crippen LogP contribution is -2.42. The van der Waals surface area contributed by atoms with Gasteiger partial charge in [0.15, 0.2) is 0 Å². The highest BCUT2D eigenvalue weighted by Gasteiger charge is 2.27. The molecule has 0 radical (unpaired) electrons. The van der Waals surface area contributed by atoms with Crippen LogP contribution in [-0.4, -0.2) is 39.2 Å². The van der Waals surface area contributed by atoms with Gasteiger partial charge in [-0.15, -0.1) is 0 Å². The molecule has 2 N–H and O–H groups in total. The number of aryl methyl sites for hydroxylation is 1. The van der Waals surface area contributed by atoms with Gasteiger partial charge in [-0.2, -0.15) is 5.10 Å². The zero-order valence-corrected chi connectivity index (χ0v) is 13.5. The zero-order chi connectivity index (χ0) is 18.7. The fourth-order valence-corrected chi connectivity index (χ4v) is 2.44. The monoisotopic (exact) mass is 355 g/mol. The van der Waals surface area contributed by atoms with Crippen LogP contribution in [0.25, 0.3) is 5.69 Å². The number of aromatic nitrogens is 2. The SMILES string of the molecule is Cc1nn(-c2ccc(F)cc2)c(C)c1C(=O)NC(CC(F)F)C(=O)O. The second kappa shape index (κ2) is 7.37. The number of alkyl halides is 2. The molecule has 0 aliphatic rings. The standard InChI is InChI=1S/C16H16F3N3O3/c1-8-14(15(23)20-12(16(24)25)7-13(18)19)9(2)22(21-8)11-5-3-10(17)4-6-11/h3-6,12-13H,7H2,1-2H3,(H,20,23)(H,24,25). The summed E-state index contributed by atoms with van der Waals surface area (Å²) in [6.07, 6.45) is -3.86. The number of aliphatic carboxylic acids is 1. The molecular weight excluding hydrogens is 339 g/mol. The molecule has 0 spiro atoms. The molecule has 2 aromatic rings. The van der Waals surface area contributed by atoms with Gasteiger partial charge >= 0.3 is 5.97 Å². The first-order valence-electron chi connectivity index (χ1n) is 7.34. The van der Waals surface area contributed by atoms with Gasteiger partial charge in [0.05, 0.1) is 22.6 Å². The maximum Gasteiger partial charge on any atom is 0.326 e. The minimum atomic E-state index is -2.87. The van der Waals surface area contributed by atoms with Crippen LogP contribution in [0.3, 0.4) is 0 Å². The Morgan fingerprint density at radius 1 is 1.24 bits per heavy atom. The number of carbonyl (C=O) groups is 2. The van der Waals surface area contributed by atoms with E-state index >= 15 is 0 Å². The van der Waals surface area contributed by atoms with E-state index in [1.165, 1.54) is 35.9 Å². The molecule has 134 valence electrons. The van der Waals surface area contributed by atoms with Crippen LogP contribution >= 0.6 is 0 Å². The maximum atomic E-state index is 13.0. The third-order valence-corrected chi connectivity index (χ3v) is 3.61. The Labute approximate surface area is 141 Å². The van der Waals surface area contributed by atoms with Gasteiger partial charge in [0.2, 0.25) is 6.43 Å². The molecule has 0 fully saturated rings. The van der Waals surface area contributed by atoms with E-state index in [4.69, 9.17) is 5.11 Å². The van der Waals surface area contributed by atoms with Crippen molar-refractivity contribution in [3.63, 3.8) is 0 Å². The molecule has 25 heavy (non-hydrogen) atoms. The predicted molar refractivity (Wildman–Crippen MR) is 82.5 cm³/mol. The van der Waals surface area contributed by atoms with Crippen LogP contribution in [0.15, 0.2) is 24.3 Å². The molecule has 0 saturated heterocycles. The number of hydrogen-bond donors (Lipinski definition) is 2. The lowest BCUT2D eigenvalue weighted by atomic mass is 10.1. The number of carbonyl (C=O) groups excluding carboxylic acids is 1. The number of hydrogen-bond acceptors (Lipinski definition) is 3. The zero-order valence-electron chi connectivity index (χ0n) is 13.5. The molecule has 2 rings (SSSR count). The molecule has 0 aliphatic carbocycles. The number of nitrogens with zero attached hydrogens (tertiary/aromatic N) is 2. The Balaban J connectivity index is 2.31. The minimum Gasteiger partial charge on any atom is -0.480 e. The number of nitrogens with one attached hydrogen (secondary N) is 1.